The highest BCUT2D eigenvalue weighted by Crippen LogP contribution is 2.31. The molecule has 2 aromatic rings. The van der Waals surface area contributed by atoms with Crippen LogP contribution < -0.4 is 10.1 Å². The van der Waals surface area contributed by atoms with E-state index in [0.29, 0.717) is 27.8 Å². The van der Waals surface area contributed by atoms with Gasteiger partial charge in [0.2, 0.25) is 0 Å². The normalized spacial score (nSPS) is 13.0. The fraction of sp³-hybridized carbons (Fsp3) is 0.286. The van der Waals surface area contributed by atoms with Crippen LogP contribution in [0.25, 0.3) is 0 Å². The fourth-order valence-electron chi connectivity index (χ4n) is 2.71. The van der Waals surface area contributed by atoms with E-state index in [0.717, 1.165) is 27.8 Å². The van der Waals surface area contributed by atoms with Gasteiger partial charge in [-0.2, -0.15) is 0 Å². The number of amides is 1. The number of methoxy groups -OCH3 is 1. The highest BCUT2D eigenvalue weighted by Gasteiger charge is 2.17. The molecule has 0 saturated carbocycles. The largest absolute Gasteiger partial charge is 0.495 e. The van der Waals surface area contributed by atoms with Gasteiger partial charge in [-0.1, -0.05) is 53.3 Å². The Labute approximate surface area is 188 Å². The second-order valence-electron chi connectivity index (χ2n) is 6.37. The number of benzene rings is 2. The van der Waals surface area contributed by atoms with Crippen LogP contribution in [0.1, 0.15) is 21.5 Å². The van der Waals surface area contributed by atoms with Crippen LogP contribution in [0.4, 0.5) is 5.69 Å². The first-order valence-electron chi connectivity index (χ1n) is 9.17. The van der Waals surface area contributed by atoms with Gasteiger partial charge >= 0.3 is 5.97 Å². The van der Waals surface area contributed by atoms with Crippen molar-refractivity contribution in [3.8, 4) is 5.75 Å². The van der Waals surface area contributed by atoms with Crippen molar-refractivity contribution in [3.05, 3.63) is 58.1 Å². The fourth-order valence-corrected chi connectivity index (χ4v) is 4.88. The average molecular weight is 465 g/mol. The Hall–Kier alpha value is -2.16. The summed E-state index contributed by atoms with van der Waals surface area (Å²) >= 11 is 9.40. The van der Waals surface area contributed by atoms with Gasteiger partial charge in [-0.05, 0) is 30.2 Å². The molecule has 0 saturated heterocycles. The zero-order valence-electron chi connectivity index (χ0n) is 16.6. The average Bonchev–Trinajstić information content (AvgIpc) is 3.27. The van der Waals surface area contributed by atoms with Crippen LogP contribution in [0.15, 0.2) is 41.4 Å². The van der Waals surface area contributed by atoms with Crippen LogP contribution in [-0.2, 0) is 15.3 Å². The van der Waals surface area contributed by atoms with Crippen LogP contribution in [0, 0.1) is 6.92 Å². The molecule has 2 aromatic carbocycles. The second-order valence-corrected chi connectivity index (χ2v) is 9.08. The summed E-state index contributed by atoms with van der Waals surface area (Å²) in [6, 6.07) is 10.6. The monoisotopic (exact) mass is 464 g/mol. The third-order valence-corrected chi connectivity index (χ3v) is 6.94. The summed E-state index contributed by atoms with van der Waals surface area (Å²) in [7, 11) is 1.49. The summed E-state index contributed by atoms with van der Waals surface area (Å²) in [5.74, 6) is 1.04. The van der Waals surface area contributed by atoms with Gasteiger partial charge in [0.1, 0.15) is 10.1 Å². The number of aryl methyl sites for hydroxylation is 1. The number of carbonyl (C=O) groups is 2. The Kier molecular flexibility index (Phi) is 8.07. The zero-order valence-corrected chi connectivity index (χ0v) is 19.0. The van der Waals surface area contributed by atoms with E-state index in [1.54, 1.807) is 47.8 Å². The summed E-state index contributed by atoms with van der Waals surface area (Å²) in [5.41, 5.74) is 2.55. The molecule has 0 aliphatic carbocycles. The van der Waals surface area contributed by atoms with Gasteiger partial charge in [-0.3, -0.25) is 9.79 Å². The number of rotatable bonds is 7. The molecule has 1 heterocycles. The molecule has 9 heteroatoms. The molecule has 1 amide bonds. The van der Waals surface area contributed by atoms with Gasteiger partial charge in [0.15, 0.2) is 6.61 Å². The summed E-state index contributed by atoms with van der Waals surface area (Å²) in [6.07, 6.45) is 0. The van der Waals surface area contributed by atoms with Crippen molar-refractivity contribution in [2.75, 3.05) is 31.3 Å². The number of aliphatic imine (C=N–C) groups is 1. The van der Waals surface area contributed by atoms with Gasteiger partial charge in [0, 0.05) is 22.6 Å². The predicted octanol–water partition coefficient (Wildman–Crippen LogP) is 4.79. The molecule has 6 nitrogen and oxygen atoms in total. The van der Waals surface area contributed by atoms with Crippen molar-refractivity contribution in [2.45, 2.75) is 12.7 Å². The first kappa shape index (κ1) is 22.5. The minimum Gasteiger partial charge on any atom is -0.495 e. The van der Waals surface area contributed by atoms with Gasteiger partial charge in [0.25, 0.3) is 5.91 Å². The molecule has 0 spiro atoms. The Morgan fingerprint density at radius 3 is 2.83 bits per heavy atom. The number of nitrogens with one attached hydrogen (secondary N) is 1. The number of esters is 1. The predicted molar refractivity (Wildman–Crippen MR) is 124 cm³/mol. The van der Waals surface area contributed by atoms with E-state index >= 15 is 0 Å². The van der Waals surface area contributed by atoms with Crippen LogP contribution in [-0.4, -0.2) is 42.3 Å². The number of halogens is 1. The van der Waals surface area contributed by atoms with Gasteiger partial charge < -0.3 is 14.8 Å². The Balaban J connectivity index is 1.59. The number of hydrogen-bond donors (Lipinski definition) is 1. The summed E-state index contributed by atoms with van der Waals surface area (Å²) in [6.45, 7) is 2.25. The number of anilines is 1. The van der Waals surface area contributed by atoms with Crippen molar-refractivity contribution < 1.29 is 19.1 Å². The van der Waals surface area contributed by atoms with E-state index < -0.39 is 18.5 Å². The SMILES string of the molecule is COc1cc(Cl)c(C)cc1NC(=O)COC(=O)c1ccccc1CSC1=NCCS1. The summed E-state index contributed by atoms with van der Waals surface area (Å²) in [4.78, 5) is 29.3. The van der Waals surface area contributed by atoms with E-state index in [4.69, 9.17) is 21.1 Å². The Bertz CT molecular complexity index is 981. The van der Waals surface area contributed by atoms with Crippen molar-refractivity contribution in [3.63, 3.8) is 0 Å². The Morgan fingerprint density at radius 1 is 1.30 bits per heavy atom. The molecule has 158 valence electrons. The highest BCUT2D eigenvalue weighted by molar-refractivity contribution is 8.38. The molecule has 0 fully saturated rings. The lowest BCUT2D eigenvalue weighted by Crippen LogP contribution is -2.21. The topological polar surface area (TPSA) is 77.0 Å². The highest BCUT2D eigenvalue weighted by atomic mass is 35.5. The van der Waals surface area contributed by atoms with E-state index in [9.17, 15) is 9.59 Å². The van der Waals surface area contributed by atoms with E-state index in [-0.39, 0.29) is 0 Å². The zero-order chi connectivity index (χ0) is 21.5. The van der Waals surface area contributed by atoms with Crippen molar-refractivity contribution >= 4 is 57.1 Å². The minimum atomic E-state index is -0.540. The van der Waals surface area contributed by atoms with Crippen LogP contribution in [0.5, 0.6) is 5.75 Å². The number of hydrogen-bond acceptors (Lipinski definition) is 7. The molecule has 3 rings (SSSR count). The molecule has 0 aromatic heterocycles. The van der Waals surface area contributed by atoms with Crippen molar-refractivity contribution in [1.29, 1.82) is 0 Å². The maximum absolute atomic E-state index is 12.6. The molecule has 1 aliphatic rings. The molecule has 30 heavy (non-hydrogen) atoms. The van der Waals surface area contributed by atoms with E-state index in [1.165, 1.54) is 7.11 Å². The molecule has 1 N–H and O–H groups in total. The first-order chi connectivity index (χ1) is 14.5. The van der Waals surface area contributed by atoms with Crippen molar-refractivity contribution in [1.82, 2.24) is 0 Å². The Morgan fingerprint density at radius 2 is 2.10 bits per heavy atom. The number of carbonyl (C=O) groups excluding carboxylic acids is 2. The van der Waals surface area contributed by atoms with Gasteiger partial charge in [0.05, 0.1) is 24.9 Å². The van der Waals surface area contributed by atoms with Crippen molar-refractivity contribution in [2.24, 2.45) is 4.99 Å². The maximum Gasteiger partial charge on any atom is 0.338 e. The van der Waals surface area contributed by atoms with Gasteiger partial charge in [-0.15, -0.1) is 0 Å². The van der Waals surface area contributed by atoms with Crippen LogP contribution in [0.3, 0.4) is 0 Å². The molecular weight excluding hydrogens is 444 g/mol. The van der Waals surface area contributed by atoms with E-state index in [1.807, 2.05) is 19.1 Å². The molecule has 0 bridgehead atoms. The summed E-state index contributed by atoms with van der Waals surface area (Å²) < 4.78 is 11.5. The lowest BCUT2D eigenvalue weighted by atomic mass is 10.1. The molecule has 0 radical (unpaired) electrons. The maximum atomic E-state index is 12.6. The lowest BCUT2D eigenvalue weighted by Gasteiger charge is -2.13. The number of thioether (sulfide) groups is 2. The minimum absolute atomic E-state index is 0.409. The van der Waals surface area contributed by atoms with Gasteiger partial charge in [-0.25, -0.2) is 4.79 Å². The number of nitrogens with zero attached hydrogens (tertiary/aromatic N) is 1. The summed E-state index contributed by atoms with van der Waals surface area (Å²) in [5, 5.41) is 3.23. The quantitative estimate of drug-likeness (QED) is 0.594. The van der Waals surface area contributed by atoms with Crippen LogP contribution >= 0.6 is 35.1 Å². The third kappa shape index (κ3) is 5.93. The molecule has 0 atom stereocenters. The third-order valence-electron chi connectivity index (χ3n) is 4.24. The standard InChI is InChI=1S/C21H21ClN2O4S2/c1-13-9-17(18(27-2)10-16(13)22)24-19(25)11-28-20(26)15-6-4-3-5-14(15)12-30-21-23-7-8-29-21/h3-6,9-10H,7-8,11-12H2,1-2H3,(H,24,25). The van der Waals surface area contributed by atoms with Crippen LogP contribution in [0.2, 0.25) is 5.02 Å². The molecule has 0 unspecified atom stereocenters. The first-order valence-corrected chi connectivity index (χ1v) is 11.5. The molecular formula is C21H21ClN2O4S2. The second kappa shape index (κ2) is 10.7. The lowest BCUT2D eigenvalue weighted by molar-refractivity contribution is -0.119. The smallest absolute Gasteiger partial charge is 0.338 e. The number of ether oxygens (including phenoxy) is 2. The van der Waals surface area contributed by atoms with E-state index in [2.05, 4.69) is 10.3 Å². The molecule has 1 aliphatic heterocycles.